The molecule has 0 aliphatic heterocycles. The van der Waals surface area contributed by atoms with Crippen molar-refractivity contribution >= 4 is 5.91 Å². The molecule has 1 rings (SSSR count). The normalized spacial score (nSPS) is 9.83. The summed E-state index contributed by atoms with van der Waals surface area (Å²) in [6.07, 6.45) is 0. The first-order chi connectivity index (χ1) is 8.54. The van der Waals surface area contributed by atoms with Crippen LogP contribution in [0.4, 0.5) is 0 Å². The minimum atomic E-state index is -0.0787. The van der Waals surface area contributed by atoms with Gasteiger partial charge in [0.2, 0.25) is 0 Å². The molecule has 0 bridgehead atoms. The highest BCUT2D eigenvalue weighted by Gasteiger charge is 2.10. The van der Waals surface area contributed by atoms with Crippen molar-refractivity contribution in [3.63, 3.8) is 0 Å². The fourth-order valence-corrected chi connectivity index (χ4v) is 1.50. The summed E-state index contributed by atoms with van der Waals surface area (Å²) in [5.41, 5.74) is 7.80. The highest BCUT2D eigenvalue weighted by atomic mass is 16.1. The molecule has 1 aromatic carbocycles. The lowest BCUT2D eigenvalue weighted by molar-refractivity contribution is 0.0949. The zero-order valence-electron chi connectivity index (χ0n) is 11.2. The van der Waals surface area contributed by atoms with Crippen LogP contribution in [0.25, 0.3) is 0 Å². The minimum absolute atomic E-state index is 0.0787. The summed E-state index contributed by atoms with van der Waals surface area (Å²) < 4.78 is 0. The Labute approximate surface area is 109 Å². The number of nitrogens with one attached hydrogen (secondary N) is 1. The Morgan fingerprint density at radius 1 is 1.44 bits per heavy atom. The number of hydrogen-bond acceptors (Lipinski definition) is 2. The van der Waals surface area contributed by atoms with Crippen molar-refractivity contribution < 1.29 is 4.79 Å². The molecule has 0 atom stereocenters. The van der Waals surface area contributed by atoms with E-state index in [-0.39, 0.29) is 5.91 Å². The Morgan fingerprint density at radius 3 is 2.78 bits per heavy atom. The number of nitrogens with two attached hydrogens (primary N) is 1. The van der Waals surface area contributed by atoms with E-state index in [9.17, 15) is 4.79 Å². The lowest BCUT2D eigenvalue weighted by atomic mass is 10.0. The van der Waals surface area contributed by atoms with E-state index in [1.54, 1.807) is 0 Å². The third kappa shape index (κ3) is 4.23. The summed E-state index contributed by atoms with van der Waals surface area (Å²) >= 11 is 0. The van der Waals surface area contributed by atoms with E-state index < -0.39 is 0 Å². The molecule has 1 amide bonds. The monoisotopic (exact) mass is 244 g/mol. The summed E-state index contributed by atoms with van der Waals surface area (Å²) in [5, 5.41) is 2.90. The second-order valence-electron chi connectivity index (χ2n) is 4.66. The number of carbonyl (C=O) groups excluding carboxylic acids is 1. The van der Waals surface area contributed by atoms with Gasteiger partial charge in [-0.2, -0.15) is 0 Å². The molecule has 0 spiro atoms. The van der Waals surface area contributed by atoms with Gasteiger partial charge in [0.1, 0.15) is 0 Å². The Hall–Kier alpha value is -1.79. The largest absolute Gasteiger partial charge is 0.352 e. The van der Waals surface area contributed by atoms with Crippen LogP contribution in [0.5, 0.6) is 0 Å². The quantitative estimate of drug-likeness (QED) is 0.795. The van der Waals surface area contributed by atoms with E-state index in [0.29, 0.717) is 24.6 Å². The van der Waals surface area contributed by atoms with Crippen molar-refractivity contribution in [3.8, 4) is 11.8 Å². The topological polar surface area (TPSA) is 55.1 Å². The summed E-state index contributed by atoms with van der Waals surface area (Å²) in [6.45, 7) is 7.05. The van der Waals surface area contributed by atoms with Gasteiger partial charge >= 0.3 is 0 Å². The van der Waals surface area contributed by atoms with E-state index in [1.807, 2.05) is 25.1 Å². The molecule has 0 unspecified atom stereocenters. The van der Waals surface area contributed by atoms with Gasteiger partial charge < -0.3 is 11.1 Å². The van der Waals surface area contributed by atoms with Crippen LogP contribution in [0.3, 0.4) is 0 Å². The van der Waals surface area contributed by atoms with Gasteiger partial charge in [0.05, 0.1) is 12.1 Å². The fraction of sp³-hybridized carbons (Fsp3) is 0.400. The van der Waals surface area contributed by atoms with Crippen LogP contribution in [0.2, 0.25) is 0 Å². The predicted molar refractivity (Wildman–Crippen MR) is 74.3 cm³/mol. The Balaban J connectivity index is 2.96. The second kappa shape index (κ2) is 6.83. The number of benzene rings is 1. The van der Waals surface area contributed by atoms with Gasteiger partial charge in [-0.3, -0.25) is 4.79 Å². The fourth-order valence-electron chi connectivity index (χ4n) is 1.50. The maximum Gasteiger partial charge on any atom is 0.252 e. The van der Waals surface area contributed by atoms with E-state index in [1.165, 1.54) is 0 Å². The van der Waals surface area contributed by atoms with Crippen molar-refractivity contribution in [2.45, 2.75) is 20.8 Å². The highest BCUT2D eigenvalue weighted by Crippen LogP contribution is 2.11. The Bertz CT molecular complexity index is 481. The van der Waals surface area contributed by atoms with Crippen LogP contribution in [0.1, 0.15) is 35.3 Å². The Kier molecular flexibility index (Phi) is 5.41. The van der Waals surface area contributed by atoms with Crippen molar-refractivity contribution in [1.29, 1.82) is 0 Å². The maximum absolute atomic E-state index is 12.0. The molecular weight excluding hydrogens is 224 g/mol. The standard InChI is InChI=1S/C15H20N2O/c1-11(2)10-17-15(18)14-7-6-12(3)9-13(14)5-4-8-16/h6-7,9,11H,8,10,16H2,1-3H3,(H,17,18). The SMILES string of the molecule is Cc1ccc(C(=O)NCC(C)C)c(C#CCN)c1. The summed E-state index contributed by atoms with van der Waals surface area (Å²) in [4.78, 5) is 12.0. The van der Waals surface area contributed by atoms with Gasteiger partial charge in [0, 0.05) is 12.1 Å². The molecule has 0 heterocycles. The lowest BCUT2D eigenvalue weighted by Crippen LogP contribution is -2.28. The second-order valence-corrected chi connectivity index (χ2v) is 4.66. The molecule has 3 nitrogen and oxygen atoms in total. The van der Waals surface area contributed by atoms with Crippen molar-refractivity contribution in [3.05, 3.63) is 34.9 Å². The number of aryl methyl sites for hydroxylation is 1. The van der Waals surface area contributed by atoms with Crippen LogP contribution < -0.4 is 11.1 Å². The zero-order valence-corrected chi connectivity index (χ0v) is 11.2. The van der Waals surface area contributed by atoms with Crippen molar-refractivity contribution in [1.82, 2.24) is 5.32 Å². The third-order valence-electron chi connectivity index (χ3n) is 2.42. The zero-order chi connectivity index (χ0) is 13.5. The van der Waals surface area contributed by atoms with Crippen molar-refractivity contribution in [2.75, 3.05) is 13.1 Å². The molecule has 1 aromatic rings. The molecule has 0 aromatic heterocycles. The van der Waals surface area contributed by atoms with Crippen LogP contribution in [-0.4, -0.2) is 19.0 Å². The van der Waals surface area contributed by atoms with E-state index in [4.69, 9.17) is 5.73 Å². The number of rotatable bonds is 3. The van der Waals surface area contributed by atoms with Crippen molar-refractivity contribution in [2.24, 2.45) is 11.7 Å². The molecule has 0 aliphatic rings. The number of amides is 1. The predicted octanol–water partition coefficient (Wildman–Crippen LogP) is 1.69. The molecule has 96 valence electrons. The molecule has 0 fully saturated rings. The van der Waals surface area contributed by atoms with Crippen LogP contribution in [0, 0.1) is 24.7 Å². The summed E-state index contributed by atoms with van der Waals surface area (Å²) in [5.74, 6) is 6.09. The van der Waals surface area contributed by atoms with E-state index >= 15 is 0 Å². The third-order valence-corrected chi connectivity index (χ3v) is 2.42. The van der Waals surface area contributed by atoms with Gasteiger partial charge in [-0.05, 0) is 30.5 Å². The minimum Gasteiger partial charge on any atom is -0.352 e. The molecule has 3 N–H and O–H groups in total. The molecule has 0 aliphatic carbocycles. The molecule has 0 saturated carbocycles. The average molecular weight is 244 g/mol. The number of hydrogen-bond donors (Lipinski definition) is 2. The first kappa shape index (κ1) is 14.3. The van der Waals surface area contributed by atoms with Gasteiger partial charge in [-0.25, -0.2) is 0 Å². The molecule has 18 heavy (non-hydrogen) atoms. The van der Waals surface area contributed by atoms with Crippen LogP contribution >= 0.6 is 0 Å². The van der Waals surface area contributed by atoms with Crippen LogP contribution in [0.15, 0.2) is 18.2 Å². The van der Waals surface area contributed by atoms with Gasteiger partial charge in [-0.1, -0.05) is 31.8 Å². The van der Waals surface area contributed by atoms with E-state index in [2.05, 4.69) is 31.0 Å². The first-order valence-electron chi connectivity index (χ1n) is 6.12. The average Bonchev–Trinajstić information content (AvgIpc) is 2.33. The van der Waals surface area contributed by atoms with Crippen LogP contribution in [-0.2, 0) is 0 Å². The highest BCUT2D eigenvalue weighted by molar-refractivity contribution is 5.96. The summed E-state index contributed by atoms with van der Waals surface area (Å²) in [7, 11) is 0. The first-order valence-corrected chi connectivity index (χ1v) is 6.12. The smallest absolute Gasteiger partial charge is 0.252 e. The van der Waals surface area contributed by atoms with Gasteiger partial charge in [0.15, 0.2) is 0 Å². The molecule has 0 radical (unpaired) electrons. The molecular formula is C15H20N2O. The molecule has 0 saturated heterocycles. The Morgan fingerprint density at radius 2 is 2.17 bits per heavy atom. The van der Waals surface area contributed by atoms with E-state index in [0.717, 1.165) is 11.1 Å². The maximum atomic E-state index is 12.0. The summed E-state index contributed by atoms with van der Waals surface area (Å²) in [6, 6.07) is 5.64. The van der Waals surface area contributed by atoms with Gasteiger partial charge in [0.25, 0.3) is 5.91 Å². The molecule has 3 heteroatoms. The van der Waals surface area contributed by atoms with Gasteiger partial charge in [-0.15, -0.1) is 0 Å². The lowest BCUT2D eigenvalue weighted by Gasteiger charge is -2.09. The number of carbonyl (C=O) groups is 1.